The van der Waals surface area contributed by atoms with Crippen LogP contribution in [0.15, 0.2) is 24.5 Å². The van der Waals surface area contributed by atoms with Gasteiger partial charge in [0, 0.05) is 18.2 Å². The van der Waals surface area contributed by atoms with Gasteiger partial charge >= 0.3 is 0 Å². The van der Waals surface area contributed by atoms with Crippen molar-refractivity contribution in [1.82, 2.24) is 9.97 Å². The first kappa shape index (κ1) is 12.6. The van der Waals surface area contributed by atoms with Gasteiger partial charge in [-0.25, -0.2) is 9.97 Å². The third-order valence-electron chi connectivity index (χ3n) is 3.03. The van der Waals surface area contributed by atoms with Crippen LogP contribution in [0.1, 0.15) is 23.6 Å². The molecule has 0 aliphatic rings. The average Bonchev–Trinajstić information content (AvgIpc) is 2.36. The van der Waals surface area contributed by atoms with Crippen molar-refractivity contribution in [3.05, 3.63) is 41.2 Å². The van der Waals surface area contributed by atoms with E-state index in [0.29, 0.717) is 0 Å². The lowest BCUT2D eigenvalue weighted by atomic mass is 10.0. The Balaban J connectivity index is 2.63. The van der Waals surface area contributed by atoms with E-state index in [-0.39, 0.29) is 0 Å². The van der Waals surface area contributed by atoms with E-state index in [1.807, 2.05) is 7.05 Å². The van der Waals surface area contributed by atoms with Gasteiger partial charge in [0.2, 0.25) is 0 Å². The fraction of sp³-hybridized carbons (Fsp3) is 0.333. The number of benzene rings is 1. The first-order valence-electron chi connectivity index (χ1n) is 6.26. The smallest absolute Gasteiger partial charge is 0.132 e. The Labute approximate surface area is 108 Å². The van der Waals surface area contributed by atoms with E-state index < -0.39 is 0 Å². The van der Waals surface area contributed by atoms with Crippen LogP contribution in [0, 0.1) is 13.8 Å². The molecule has 2 aromatic rings. The maximum Gasteiger partial charge on any atom is 0.132 e. The summed E-state index contributed by atoms with van der Waals surface area (Å²) in [5.41, 5.74) is 5.89. The number of nitrogens with one attached hydrogen (secondary N) is 1. The van der Waals surface area contributed by atoms with E-state index in [9.17, 15) is 0 Å². The molecular weight excluding hydrogens is 222 g/mol. The van der Waals surface area contributed by atoms with Crippen LogP contribution < -0.4 is 5.32 Å². The molecule has 0 spiro atoms. The predicted molar refractivity (Wildman–Crippen MR) is 75.9 cm³/mol. The number of nitrogens with zero attached hydrogens (tertiary/aromatic N) is 2. The molecule has 0 amide bonds. The van der Waals surface area contributed by atoms with Gasteiger partial charge in [0.05, 0.1) is 5.69 Å². The Kier molecular flexibility index (Phi) is 3.60. The van der Waals surface area contributed by atoms with Crippen molar-refractivity contribution in [3.63, 3.8) is 0 Å². The average molecular weight is 241 g/mol. The highest BCUT2D eigenvalue weighted by molar-refractivity contribution is 5.69. The van der Waals surface area contributed by atoms with Gasteiger partial charge < -0.3 is 5.32 Å². The van der Waals surface area contributed by atoms with Gasteiger partial charge in [0.25, 0.3) is 0 Å². The second-order valence-corrected chi connectivity index (χ2v) is 4.53. The molecule has 1 heterocycles. The number of hydrogen-bond donors (Lipinski definition) is 1. The summed E-state index contributed by atoms with van der Waals surface area (Å²) in [5.74, 6) is 0.918. The Morgan fingerprint density at radius 3 is 2.28 bits per heavy atom. The molecule has 3 heteroatoms. The van der Waals surface area contributed by atoms with Gasteiger partial charge in [-0.1, -0.05) is 24.1 Å². The minimum atomic E-state index is 0.916. The zero-order chi connectivity index (χ0) is 13.1. The van der Waals surface area contributed by atoms with E-state index in [1.54, 1.807) is 6.33 Å². The summed E-state index contributed by atoms with van der Waals surface area (Å²) in [6.07, 6.45) is 2.54. The maximum absolute atomic E-state index is 4.46. The second-order valence-electron chi connectivity index (χ2n) is 4.53. The molecule has 3 nitrogen and oxygen atoms in total. The standard InChI is InChI=1S/C15H19N3/c1-5-13-14(17-9-18-15(13)16-4)12-7-10(2)6-11(3)8-12/h6-9H,5H2,1-4H3,(H,16,17,18). The van der Waals surface area contributed by atoms with Gasteiger partial charge in [-0.05, 0) is 32.4 Å². The summed E-state index contributed by atoms with van der Waals surface area (Å²) in [6, 6.07) is 6.52. The summed E-state index contributed by atoms with van der Waals surface area (Å²) >= 11 is 0. The summed E-state index contributed by atoms with van der Waals surface area (Å²) in [5, 5.41) is 3.13. The molecule has 1 aromatic heterocycles. The van der Waals surface area contributed by atoms with Crippen LogP contribution in [0.3, 0.4) is 0 Å². The van der Waals surface area contributed by atoms with Crippen molar-refractivity contribution in [2.24, 2.45) is 0 Å². The van der Waals surface area contributed by atoms with Crippen molar-refractivity contribution in [2.75, 3.05) is 12.4 Å². The number of aryl methyl sites for hydroxylation is 2. The second kappa shape index (κ2) is 5.17. The minimum Gasteiger partial charge on any atom is -0.373 e. The van der Waals surface area contributed by atoms with Gasteiger partial charge in [-0.15, -0.1) is 0 Å². The monoisotopic (exact) mass is 241 g/mol. The molecule has 2 rings (SSSR count). The lowest BCUT2D eigenvalue weighted by molar-refractivity contribution is 1.05. The van der Waals surface area contributed by atoms with Gasteiger partial charge in [0.15, 0.2) is 0 Å². The first-order chi connectivity index (χ1) is 8.65. The van der Waals surface area contributed by atoms with E-state index in [1.165, 1.54) is 22.3 Å². The maximum atomic E-state index is 4.46. The van der Waals surface area contributed by atoms with Crippen LogP contribution >= 0.6 is 0 Å². The number of rotatable bonds is 3. The highest BCUT2D eigenvalue weighted by Crippen LogP contribution is 2.27. The molecule has 0 saturated heterocycles. The lowest BCUT2D eigenvalue weighted by Crippen LogP contribution is -2.02. The molecule has 1 N–H and O–H groups in total. The molecular formula is C15H19N3. The normalized spacial score (nSPS) is 10.4. The van der Waals surface area contributed by atoms with E-state index in [0.717, 1.165) is 17.9 Å². The third kappa shape index (κ3) is 2.35. The van der Waals surface area contributed by atoms with Gasteiger partial charge in [-0.2, -0.15) is 0 Å². The van der Waals surface area contributed by atoms with Gasteiger partial charge in [-0.3, -0.25) is 0 Å². The van der Waals surface area contributed by atoms with Crippen LogP contribution in [0.5, 0.6) is 0 Å². The Bertz CT molecular complexity index is 541. The molecule has 0 bridgehead atoms. The van der Waals surface area contributed by atoms with Crippen LogP contribution in [-0.4, -0.2) is 17.0 Å². The molecule has 0 saturated carbocycles. The van der Waals surface area contributed by atoms with Crippen molar-refractivity contribution < 1.29 is 0 Å². The van der Waals surface area contributed by atoms with Crippen molar-refractivity contribution in [1.29, 1.82) is 0 Å². The Morgan fingerprint density at radius 1 is 1.06 bits per heavy atom. The van der Waals surface area contributed by atoms with Crippen molar-refractivity contribution in [2.45, 2.75) is 27.2 Å². The fourth-order valence-corrected chi connectivity index (χ4v) is 2.32. The van der Waals surface area contributed by atoms with Crippen LogP contribution in [0.2, 0.25) is 0 Å². The number of aromatic nitrogens is 2. The fourth-order valence-electron chi connectivity index (χ4n) is 2.32. The van der Waals surface area contributed by atoms with E-state index >= 15 is 0 Å². The number of hydrogen-bond acceptors (Lipinski definition) is 3. The highest BCUT2D eigenvalue weighted by Gasteiger charge is 2.11. The molecule has 1 aromatic carbocycles. The topological polar surface area (TPSA) is 37.8 Å². The zero-order valence-electron chi connectivity index (χ0n) is 11.4. The quantitative estimate of drug-likeness (QED) is 0.895. The number of anilines is 1. The summed E-state index contributed by atoms with van der Waals surface area (Å²) in [7, 11) is 1.90. The first-order valence-corrected chi connectivity index (χ1v) is 6.26. The van der Waals surface area contributed by atoms with Crippen LogP contribution in [-0.2, 0) is 6.42 Å². The third-order valence-corrected chi connectivity index (χ3v) is 3.03. The SMILES string of the molecule is CCc1c(NC)ncnc1-c1cc(C)cc(C)c1. The van der Waals surface area contributed by atoms with E-state index in [2.05, 4.69) is 54.3 Å². The van der Waals surface area contributed by atoms with Crippen LogP contribution in [0.25, 0.3) is 11.3 Å². The van der Waals surface area contributed by atoms with Crippen molar-refractivity contribution in [3.8, 4) is 11.3 Å². The van der Waals surface area contributed by atoms with Gasteiger partial charge in [0.1, 0.15) is 12.1 Å². The van der Waals surface area contributed by atoms with Crippen LogP contribution in [0.4, 0.5) is 5.82 Å². The van der Waals surface area contributed by atoms with Crippen molar-refractivity contribution >= 4 is 5.82 Å². The Morgan fingerprint density at radius 2 is 1.72 bits per heavy atom. The molecule has 94 valence electrons. The lowest BCUT2D eigenvalue weighted by Gasteiger charge is -2.12. The van der Waals surface area contributed by atoms with E-state index in [4.69, 9.17) is 0 Å². The highest BCUT2D eigenvalue weighted by atomic mass is 15.0. The molecule has 0 aliphatic heterocycles. The molecule has 18 heavy (non-hydrogen) atoms. The largest absolute Gasteiger partial charge is 0.373 e. The molecule has 0 fully saturated rings. The molecule has 0 aliphatic carbocycles. The zero-order valence-corrected chi connectivity index (χ0v) is 11.4. The molecule has 0 atom stereocenters. The molecule has 0 radical (unpaired) electrons. The Hall–Kier alpha value is -1.90. The summed E-state index contributed by atoms with van der Waals surface area (Å²) < 4.78 is 0. The minimum absolute atomic E-state index is 0.916. The molecule has 0 unspecified atom stereocenters. The summed E-state index contributed by atoms with van der Waals surface area (Å²) in [4.78, 5) is 8.74. The predicted octanol–water partition coefficient (Wildman–Crippen LogP) is 3.36. The summed E-state index contributed by atoms with van der Waals surface area (Å²) in [6.45, 7) is 6.36.